The molecule has 1 N–H and O–H groups in total. The number of nitrogens with one attached hydrogen (secondary N) is 1. The molecule has 0 aliphatic rings. The summed E-state index contributed by atoms with van der Waals surface area (Å²) < 4.78 is 16.8. The Balaban J connectivity index is 1.85. The van der Waals surface area contributed by atoms with E-state index in [9.17, 15) is 14.0 Å². The lowest BCUT2D eigenvalue weighted by Gasteiger charge is -2.11. The molecular formula is C23H23FN4O2. The van der Waals surface area contributed by atoms with Crippen molar-refractivity contribution in [3.63, 3.8) is 0 Å². The predicted molar refractivity (Wildman–Crippen MR) is 114 cm³/mol. The molecule has 0 bridgehead atoms. The Hall–Kier alpha value is -3.48. The Morgan fingerprint density at radius 3 is 2.47 bits per heavy atom. The standard InChI is InChI=1S/C23H23FN4O2/c1-2-3-13-27-21-20(25-19(26-21)14-16-9-5-4-6-10-16)22(29)28(23(27)30)15-17-11-7-8-12-18(17)24/h4-12H,2-3,13-15H2,1H3,(H,25,26). The molecule has 4 rings (SSSR count). The molecule has 2 aromatic carbocycles. The van der Waals surface area contributed by atoms with Crippen molar-refractivity contribution < 1.29 is 4.39 Å². The van der Waals surface area contributed by atoms with Gasteiger partial charge in [0, 0.05) is 18.5 Å². The molecule has 0 aliphatic carbocycles. The molecule has 30 heavy (non-hydrogen) atoms. The van der Waals surface area contributed by atoms with Gasteiger partial charge in [0.2, 0.25) is 0 Å². The number of rotatable bonds is 7. The first-order chi connectivity index (χ1) is 14.6. The van der Waals surface area contributed by atoms with Gasteiger partial charge < -0.3 is 4.98 Å². The van der Waals surface area contributed by atoms with Gasteiger partial charge in [-0.2, -0.15) is 0 Å². The van der Waals surface area contributed by atoms with Crippen molar-refractivity contribution in [1.82, 2.24) is 19.1 Å². The van der Waals surface area contributed by atoms with E-state index in [2.05, 4.69) is 9.97 Å². The van der Waals surface area contributed by atoms with E-state index in [1.165, 1.54) is 10.6 Å². The topological polar surface area (TPSA) is 72.7 Å². The summed E-state index contributed by atoms with van der Waals surface area (Å²) in [5.41, 5.74) is 1.01. The number of fused-ring (bicyclic) bond motifs is 1. The first-order valence-corrected chi connectivity index (χ1v) is 10.1. The van der Waals surface area contributed by atoms with Crippen LogP contribution >= 0.6 is 0 Å². The molecule has 0 unspecified atom stereocenters. The molecule has 0 amide bonds. The third-order valence-corrected chi connectivity index (χ3v) is 5.15. The minimum Gasteiger partial charge on any atom is -0.336 e. The smallest absolute Gasteiger partial charge is 0.333 e. The van der Waals surface area contributed by atoms with Crippen LogP contribution in [0.2, 0.25) is 0 Å². The van der Waals surface area contributed by atoms with E-state index in [0.717, 1.165) is 23.0 Å². The Morgan fingerprint density at radius 2 is 1.73 bits per heavy atom. The summed E-state index contributed by atoms with van der Waals surface area (Å²) in [5.74, 6) is 0.167. The van der Waals surface area contributed by atoms with Gasteiger partial charge in [0.25, 0.3) is 5.56 Å². The van der Waals surface area contributed by atoms with Crippen molar-refractivity contribution in [2.24, 2.45) is 0 Å². The maximum absolute atomic E-state index is 14.2. The van der Waals surface area contributed by atoms with E-state index in [4.69, 9.17) is 0 Å². The van der Waals surface area contributed by atoms with Crippen molar-refractivity contribution in [1.29, 1.82) is 0 Å². The molecule has 6 nitrogen and oxygen atoms in total. The average molecular weight is 406 g/mol. The molecule has 0 saturated carbocycles. The number of imidazole rings is 1. The number of aromatic amines is 1. The van der Waals surface area contributed by atoms with Gasteiger partial charge in [-0.1, -0.05) is 61.9 Å². The van der Waals surface area contributed by atoms with Crippen LogP contribution in [0.15, 0.2) is 64.2 Å². The largest absolute Gasteiger partial charge is 0.336 e. The summed E-state index contributed by atoms with van der Waals surface area (Å²) in [4.78, 5) is 33.9. The van der Waals surface area contributed by atoms with Crippen molar-refractivity contribution in [2.45, 2.75) is 39.3 Å². The SMILES string of the molecule is CCCCn1c(=O)n(Cc2ccccc2F)c(=O)c2[nH]c(Cc3ccccc3)nc21. The van der Waals surface area contributed by atoms with Gasteiger partial charge in [-0.05, 0) is 18.1 Å². The van der Waals surface area contributed by atoms with Crippen molar-refractivity contribution in [3.8, 4) is 0 Å². The third-order valence-electron chi connectivity index (χ3n) is 5.15. The number of halogens is 1. The van der Waals surface area contributed by atoms with Gasteiger partial charge in [0.15, 0.2) is 5.65 Å². The van der Waals surface area contributed by atoms with Crippen LogP contribution in [-0.4, -0.2) is 19.1 Å². The fourth-order valence-electron chi connectivity index (χ4n) is 3.54. The summed E-state index contributed by atoms with van der Waals surface area (Å²) in [6.45, 7) is 2.35. The number of benzene rings is 2. The van der Waals surface area contributed by atoms with E-state index in [1.54, 1.807) is 18.2 Å². The first kappa shape index (κ1) is 19.8. The van der Waals surface area contributed by atoms with Crippen molar-refractivity contribution >= 4 is 11.2 Å². The summed E-state index contributed by atoms with van der Waals surface area (Å²) in [5, 5.41) is 0. The van der Waals surface area contributed by atoms with Crippen LogP contribution in [0.1, 0.15) is 36.7 Å². The number of aromatic nitrogens is 4. The molecule has 0 radical (unpaired) electrons. The number of nitrogens with zero attached hydrogens (tertiary/aromatic N) is 3. The maximum Gasteiger partial charge on any atom is 0.333 e. The molecule has 7 heteroatoms. The molecule has 0 aliphatic heterocycles. The van der Waals surface area contributed by atoms with E-state index in [-0.39, 0.29) is 12.1 Å². The fraction of sp³-hybridized carbons (Fsp3) is 0.261. The monoisotopic (exact) mass is 406 g/mol. The van der Waals surface area contributed by atoms with Crippen molar-refractivity contribution in [3.05, 3.63) is 98.2 Å². The van der Waals surface area contributed by atoms with Crippen LogP contribution in [-0.2, 0) is 19.5 Å². The number of aryl methyl sites for hydroxylation is 1. The van der Waals surface area contributed by atoms with E-state index >= 15 is 0 Å². The highest BCUT2D eigenvalue weighted by molar-refractivity contribution is 5.70. The molecule has 0 spiro atoms. The van der Waals surface area contributed by atoms with E-state index in [0.29, 0.717) is 30.0 Å². The Kier molecular flexibility index (Phi) is 5.61. The Morgan fingerprint density at radius 1 is 1.00 bits per heavy atom. The van der Waals surface area contributed by atoms with Gasteiger partial charge in [0.05, 0.1) is 6.54 Å². The van der Waals surface area contributed by atoms with Crippen LogP contribution in [0.25, 0.3) is 11.2 Å². The lowest BCUT2D eigenvalue weighted by Crippen LogP contribution is -2.40. The van der Waals surface area contributed by atoms with Crippen LogP contribution in [0.3, 0.4) is 0 Å². The zero-order valence-electron chi connectivity index (χ0n) is 16.8. The van der Waals surface area contributed by atoms with E-state index in [1.807, 2.05) is 37.3 Å². The lowest BCUT2D eigenvalue weighted by atomic mass is 10.1. The Labute approximate surface area is 172 Å². The van der Waals surface area contributed by atoms with Crippen LogP contribution in [0.4, 0.5) is 4.39 Å². The highest BCUT2D eigenvalue weighted by atomic mass is 19.1. The van der Waals surface area contributed by atoms with Crippen LogP contribution in [0, 0.1) is 5.82 Å². The molecule has 4 aromatic rings. The second-order valence-corrected chi connectivity index (χ2v) is 7.31. The summed E-state index contributed by atoms with van der Waals surface area (Å²) in [6.07, 6.45) is 2.18. The van der Waals surface area contributed by atoms with Gasteiger partial charge in [-0.15, -0.1) is 0 Å². The molecule has 2 heterocycles. The second-order valence-electron chi connectivity index (χ2n) is 7.31. The number of hydrogen-bond donors (Lipinski definition) is 1. The third kappa shape index (κ3) is 3.83. The predicted octanol–water partition coefficient (Wildman–Crippen LogP) is 3.46. The number of unbranched alkanes of at least 4 members (excludes halogenated alkanes) is 1. The molecular weight excluding hydrogens is 383 g/mol. The highest BCUT2D eigenvalue weighted by Gasteiger charge is 2.18. The van der Waals surface area contributed by atoms with Gasteiger partial charge >= 0.3 is 5.69 Å². The number of H-pyrrole nitrogens is 1. The molecule has 2 aromatic heterocycles. The summed E-state index contributed by atoms with van der Waals surface area (Å²) >= 11 is 0. The number of hydrogen-bond acceptors (Lipinski definition) is 3. The van der Waals surface area contributed by atoms with Crippen LogP contribution in [0.5, 0.6) is 0 Å². The van der Waals surface area contributed by atoms with Gasteiger partial charge in [-0.3, -0.25) is 13.9 Å². The minimum atomic E-state index is -0.488. The zero-order valence-corrected chi connectivity index (χ0v) is 16.8. The van der Waals surface area contributed by atoms with E-state index < -0.39 is 17.1 Å². The molecule has 0 atom stereocenters. The summed E-state index contributed by atoms with van der Waals surface area (Å²) in [7, 11) is 0. The quantitative estimate of drug-likeness (QED) is 0.511. The normalized spacial score (nSPS) is 11.3. The second kappa shape index (κ2) is 8.49. The van der Waals surface area contributed by atoms with Crippen molar-refractivity contribution in [2.75, 3.05) is 0 Å². The maximum atomic E-state index is 14.2. The summed E-state index contributed by atoms with van der Waals surface area (Å²) in [6, 6.07) is 15.9. The molecule has 154 valence electrons. The van der Waals surface area contributed by atoms with Crippen LogP contribution < -0.4 is 11.2 Å². The van der Waals surface area contributed by atoms with Gasteiger partial charge in [0.1, 0.15) is 17.2 Å². The fourth-order valence-corrected chi connectivity index (χ4v) is 3.54. The average Bonchev–Trinajstić information content (AvgIpc) is 3.17. The zero-order chi connectivity index (χ0) is 21.1. The molecule has 0 fully saturated rings. The highest BCUT2D eigenvalue weighted by Crippen LogP contribution is 2.12. The Bertz CT molecular complexity index is 1290. The minimum absolute atomic E-state index is 0.126. The lowest BCUT2D eigenvalue weighted by molar-refractivity contribution is 0.553. The molecule has 0 saturated heterocycles. The van der Waals surface area contributed by atoms with Gasteiger partial charge in [-0.25, -0.2) is 14.2 Å². The first-order valence-electron chi connectivity index (χ1n) is 10.1.